The minimum absolute atomic E-state index is 0.0690. The summed E-state index contributed by atoms with van der Waals surface area (Å²) in [5.41, 5.74) is 2.53. The van der Waals surface area contributed by atoms with Crippen molar-refractivity contribution in [1.82, 2.24) is 4.90 Å². The molecule has 134 valence electrons. The Morgan fingerprint density at radius 3 is 2.52 bits per heavy atom. The van der Waals surface area contributed by atoms with Crippen molar-refractivity contribution in [2.45, 2.75) is 4.90 Å². The molecule has 0 saturated heterocycles. The number of aliphatic imine (C=N–C) groups is 1. The van der Waals surface area contributed by atoms with E-state index in [0.717, 1.165) is 16.0 Å². The van der Waals surface area contributed by atoms with Gasteiger partial charge in [-0.2, -0.15) is 4.99 Å². The van der Waals surface area contributed by atoms with Gasteiger partial charge in [0, 0.05) is 10.3 Å². The Kier molecular flexibility index (Phi) is 4.72. The van der Waals surface area contributed by atoms with Crippen LogP contribution >= 0.6 is 23.5 Å². The predicted molar refractivity (Wildman–Crippen MR) is 110 cm³/mol. The molecule has 2 aromatic carbocycles. The van der Waals surface area contributed by atoms with Gasteiger partial charge in [-0.3, -0.25) is 15.1 Å². The fraction of sp³-hybridized carbons (Fsp3) is 0.0500. The first-order chi connectivity index (χ1) is 13.1. The van der Waals surface area contributed by atoms with E-state index >= 15 is 0 Å². The highest BCUT2D eigenvalue weighted by atomic mass is 32.2. The molecule has 0 fully saturated rings. The second-order valence-corrected chi connectivity index (χ2v) is 7.56. The van der Waals surface area contributed by atoms with Crippen LogP contribution in [0.25, 0.3) is 11.8 Å². The molecule has 0 spiro atoms. The maximum Gasteiger partial charge on any atom is 0.283 e. The van der Waals surface area contributed by atoms with Gasteiger partial charge in [0.2, 0.25) is 0 Å². The number of hydrogen-bond acceptors (Lipinski definition) is 4. The number of amidine groups is 2. The summed E-state index contributed by atoms with van der Waals surface area (Å²) in [5.74, 6) is -0.682. The minimum Gasteiger partial charge on any atom is -0.283 e. The molecule has 27 heavy (non-hydrogen) atoms. The van der Waals surface area contributed by atoms with E-state index in [0.29, 0.717) is 10.9 Å². The summed E-state index contributed by atoms with van der Waals surface area (Å²) in [5, 5.41) is 10.8. The molecule has 4 rings (SSSR count). The van der Waals surface area contributed by atoms with Gasteiger partial charge in [-0.1, -0.05) is 23.9 Å². The molecule has 2 aliphatic heterocycles. The van der Waals surface area contributed by atoms with Gasteiger partial charge in [-0.15, -0.1) is 11.8 Å². The Bertz CT molecular complexity index is 1020. The third kappa shape index (κ3) is 3.36. The summed E-state index contributed by atoms with van der Waals surface area (Å²) in [6.45, 7) is 0. The monoisotopic (exact) mass is 395 g/mol. The molecule has 7 heteroatoms. The average Bonchev–Trinajstić information content (AvgIpc) is 3.10. The molecule has 0 radical (unpaired) electrons. The normalized spacial score (nSPS) is 17.9. The van der Waals surface area contributed by atoms with E-state index in [1.807, 2.05) is 35.9 Å². The van der Waals surface area contributed by atoms with Crippen LogP contribution in [-0.2, 0) is 4.79 Å². The number of hydrogen-bond donors (Lipinski definition) is 1. The molecule has 0 bridgehead atoms. The lowest BCUT2D eigenvalue weighted by atomic mass is 10.1. The van der Waals surface area contributed by atoms with Crippen molar-refractivity contribution in [3.05, 3.63) is 76.5 Å². The molecule has 0 unspecified atom stereocenters. The van der Waals surface area contributed by atoms with Gasteiger partial charge in [0.05, 0.1) is 11.3 Å². The molecular formula is C20H14FN3OS2. The van der Waals surface area contributed by atoms with Gasteiger partial charge in [0.1, 0.15) is 11.7 Å². The minimum atomic E-state index is -0.429. The summed E-state index contributed by atoms with van der Waals surface area (Å²) in [6, 6.07) is 13.8. The van der Waals surface area contributed by atoms with Gasteiger partial charge < -0.3 is 0 Å². The van der Waals surface area contributed by atoms with Crippen molar-refractivity contribution < 1.29 is 9.18 Å². The highest BCUT2D eigenvalue weighted by molar-refractivity contribution is 8.17. The predicted octanol–water partition coefficient (Wildman–Crippen LogP) is 4.85. The molecule has 2 heterocycles. The molecule has 0 aliphatic carbocycles. The van der Waals surface area contributed by atoms with E-state index in [9.17, 15) is 9.18 Å². The zero-order valence-corrected chi connectivity index (χ0v) is 15.9. The number of nitrogens with zero attached hydrogens (tertiary/aromatic N) is 2. The van der Waals surface area contributed by atoms with Crippen molar-refractivity contribution in [2.75, 3.05) is 6.26 Å². The van der Waals surface area contributed by atoms with E-state index in [-0.39, 0.29) is 17.2 Å². The van der Waals surface area contributed by atoms with Gasteiger partial charge in [-0.25, -0.2) is 4.39 Å². The quantitative estimate of drug-likeness (QED) is 0.596. The number of benzene rings is 2. The van der Waals surface area contributed by atoms with Crippen LogP contribution < -0.4 is 0 Å². The average molecular weight is 395 g/mol. The maximum atomic E-state index is 13.2. The number of halogens is 1. The Hall–Kier alpha value is -2.64. The van der Waals surface area contributed by atoms with E-state index in [4.69, 9.17) is 5.41 Å². The standard InChI is InChI=1S/C20H14FN3OS2/c1-26-15-8-2-12(3-9-15)10-16-18(22)24-17(11-27-20(24)23-19(16)25)13-4-6-14(21)7-5-13/h2-11,22H,1H3/b16-10-,22-18?. The van der Waals surface area contributed by atoms with Gasteiger partial charge in [0.25, 0.3) is 5.91 Å². The number of carbonyl (C=O) groups is 1. The number of rotatable bonds is 3. The van der Waals surface area contributed by atoms with Gasteiger partial charge in [0.15, 0.2) is 5.17 Å². The highest BCUT2D eigenvalue weighted by Gasteiger charge is 2.36. The lowest BCUT2D eigenvalue weighted by molar-refractivity contribution is -0.114. The summed E-state index contributed by atoms with van der Waals surface area (Å²) in [4.78, 5) is 19.3. The first-order valence-electron chi connectivity index (χ1n) is 8.07. The lowest BCUT2D eigenvalue weighted by Gasteiger charge is -2.26. The smallest absolute Gasteiger partial charge is 0.283 e. The molecule has 0 aromatic heterocycles. The lowest BCUT2D eigenvalue weighted by Crippen LogP contribution is -2.38. The number of amides is 1. The van der Waals surface area contributed by atoms with Gasteiger partial charge in [-0.05, 0) is 59.9 Å². The number of carbonyl (C=O) groups excluding carboxylic acids is 1. The Balaban J connectivity index is 1.70. The molecule has 1 N–H and O–H groups in total. The molecule has 4 nitrogen and oxygen atoms in total. The van der Waals surface area contributed by atoms with E-state index in [2.05, 4.69) is 4.99 Å². The van der Waals surface area contributed by atoms with Crippen molar-refractivity contribution >= 4 is 52.2 Å². The van der Waals surface area contributed by atoms with Crippen molar-refractivity contribution in [3.63, 3.8) is 0 Å². The summed E-state index contributed by atoms with van der Waals surface area (Å²) in [7, 11) is 0. The Morgan fingerprint density at radius 2 is 1.85 bits per heavy atom. The van der Waals surface area contributed by atoms with E-state index in [1.54, 1.807) is 34.9 Å². The third-order valence-electron chi connectivity index (χ3n) is 4.18. The zero-order chi connectivity index (χ0) is 19.0. The van der Waals surface area contributed by atoms with Crippen LogP contribution in [0.4, 0.5) is 4.39 Å². The highest BCUT2D eigenvalue weighted by Crippen LogP contribution is 2.37. The zero-order valence-electron chi connectivity index (χ0n) is 14.3. The molecular weight excluding hydrogens is 381 g/mol. The second-order valence-electron chi connectivity index (χ2n) is 5.84. The second kappa shape index (κ2) is 7.17. The Labute approximate surface area is 164 Å². The van der Waals surface area contributed by atoms with E-state index in [1.165, 1.54) is 23.9 Å². The van der Waals surface area contributed by atoms with Crippen LogP contribution in [0, 0.1) is 11.2 Å². The summed E-state index contributed by atoms with van der Waals surface area (Å²) >= 11 is 2.92. The summed E-state index contributed by atoms with van der Waals surface area (Å²) in [6.07, 6.45) is 3.68. The van der Waals surface area contributed by atoms with Crippen LogP contribution in [-0.4, -0.2) is 28.1 Å². The third-order valence-corrected chi connectivity index (χ3v) is 5.75. The number of nitrogens with one attached hydrogen (secondary N) is 1. The molecule has 0 saturated carbocycles. The van der Waals surface area contributed by atoms with Crippen LogP contribution in [0.5, 0.6) is 0 Å². The van der Waals surface area contributed by atoms with Crippen molar-refractivity contribution in [2.24, 2.45) is 4.99 Å². The first-order valence-corrected chi connectivity index (χ1v) is 10.2. The maximum absolute atomic E-state index is 13.2. The van der Waals surface area contributed by atoms with Crippen molar-refractivity contribution in [1.29, 1.82) is 5.41 Å². The number of fused-ring (bicyclic) bond motifs is 1. The molecule has 2 aromatic rings. The van der Waals surface area contributed by atoms with Crippen LogP contribution in [0.3, 0.4) is 0 Å². The SMILES string of the molecule is CSc1ccc(/C=C2/C(=N)N3C(c4ccc(F)cc4)=CSC3=NC2=O)cc1. The molecule has 1 amide bonds. The van der Waals surface area contributed by atoms with Crippen LogP contribution in [0.2, 0.25) is 0 Å². The van der Waals surface area contributed by atoms with E-state index < -0.39 is 5.91 Å². The van der Waals surface area contributed by atoms with Crippen LogP contribution in [0.1, 0.15) is 11.1 Å². The largest absolute Gasteiger partial charge is 0.283 e. The summed E-state index contributed by atoms with van der Waals surface area (Å²) < 4.78 is 13.2. The first kappa shape index (κ1) is 17.8. The fourth-order valence-electron chi connectivity index (χ4n) is 2.79. The Morgan fingerprint density at radius 1 is 1.15 bits per heavy atom. The fourth-order valence-corrected chi connectivity index (χ4v) is 4.09. The number of thioether (sulfide) groups is 2. The topological polar surface area (TPSA) is 56.5 Å². The van der Waals surface area contributed by atoms with Crippen LogP contribution in [0.15, 0.2) is 69.4 Å². The molecule has 2 aliphatic rings. The van der Waals surface area contributed by atoms with Crippen molar-refractivity contribution in [3.8, 4) is 0 Å². The van der Waals surface area contributed by atoms with Gasteiger partial charge >= 0.3 is 0 Å². The molecule has 0 atom stereocenters.